The normalized spacial score (nSPS) is 27.0. The molecule has 1 N–H and O–H groups in total. The molecule has 70 valence electrons. The van der Waals surface area contributed by atoms with Crippen molar-refractivity contribution in [3.63, 3.8) is 0 Å². The van der Waals surface area contributed by atoms with Gasteiger partial charge >= 0.3 is 0 Å². The van der Waals surface area contributed by atoms with Crippen LogP contribution in [0.4, 0.5) is 0 Å². The average Bonchev–Trinajstić information content (AvgIpc) is 2.04. The number of nitrogens with zero attached hydrogens (tertiary/aromatic N) is 1. The standard InChI is InChI=1S/C10H20N2/c1-2-8-12(11-7-1)9-6-10-4-3-5-10/h10-11H,1-9H2. The van der Waals surface area contributed by atoms with Crippen molar-refractivity contribution in [2.75, 3.05) is 19.6 Å². The van der Waals surface area contributed by atoms with Gasteiger partial charge in [-0.1, -0.05) is 19.3 Å². The number of hydrogen-bond acceptors (Lipinski definition) is 2. The number of hydrogen-bond donors (Lipinski definition) is 1. The van der Waals surface area contributed by atoms with Crippen molar-refractivity contribution in [3.8, 4) is 0 Å². The quantitative estimate of drug-likeness (QED) is 0.691. The van der Waals surface area contributed by atoms with E-state index in [1.54, 1.807) is 0 Å². The molecule has 0 unspecified atom stereocenters. The van der Waals surface area contributed by atoms with Gasteiger partial charge in [-0.05, 0) is 25.2 Å². The van der Waals surface area contributed by atoms with Crippen LogP contribution < -0.4 is 5.43 Å². The van der Waals surface area contributed by atoms with Gasteiger partial charge in [0.1, 0.15) is 0 Å². The van der Waals surface area contributed by atoms with E-state index in [1.165, 1.54) is 58.2 Å². The molecular formula is C10H20N2. The number of hydrazine groups is 1. The van der Waals surface area contributed by atoms with Crippen molar-refractivity contribution >= 4 is 0 Å². The molecule has 1 aliphatic heterocycles. The second-order valence-electron chi connectivity index (χ2n) is 4.19. The van der Waals surface area contributed by atoms with Gasteiger partial charge < -0.3 is 0 Å². The summed E-state index contributed by atoms with van der Waals surface area (Å²) >= 11 is 0. The fourth-order valence-electron chi connectivity index (χ4n) is 2.05. The predicted molar refractivity (Wildman–Crippen MR) is 50.8 cm³/mol. The lowest BCUT2D eigenvalue weighted by Crippen LogP contribution is -2.44. The Balaban J connectivity index is 1.58. The van der Waals surface area contributed by atoms with Crippen LogP contribution in [0.2, 0.25) is 0 Å². The molecule has 2 nitrogen and oxygen atoms in total. The molecule has 0 aromatic heterocycles. The van der Waals surface area contributed by atoms with Crippen molar-refractivity contribution in [2.24, 2.45) is 5.92 Å². The van der Waals surface area contributed by atoms with Crippen molar-refractivity contribution in [1.82, 2.24) is 10.4 Å². The minimum absolute atomic E-state index is 1.06. The van der Waals surface area contributed by atoms with Crippen LogP contribution in [-0.2, 0) is 0 Å². The van der Waals surface area contributed by atoms with Crippen molar-refractivity contribution in [1.29, 1.82) is 0 Å². The summed E-state index contributed by atoms with van der Waals surface area (Å²) in [4.78, 5) is 0. The van der Waals surface area contributed by atoms with Gasteiger partial charge in [-0.25, -0.2) is 5.01 Å². The van der Waals surface area contributed by atoms with Gasteiger partial charge in [-0.2, -0.15) is 0 Å². The van der Waals surface area contributed by atoms with Gasteiger partial charge in [-0.3, -0.25) is 5.43 Å². The van der Waals surface area contributed by atoms with E-state index in [0.717, 1.165) is 5.92 Å². The topological polar surface area (TPSA) is 15.3 Å². The van der Waals surface area contributed by atoms with Crippen LogP contribution >= 0.6 is 0 Å². The highest BCUT2D eigenvalue weighted by Crippen LogP contribution is 2.29. The van der Waals surface area contributed by atoms with E-state index in [2.05, 4.69) is 10.4 Å². The second-order valence-corrected chi connectivity index (χ2v) is 4.19. The molecule has 2 aliphatic rings. The summed E-state index contributed by atoms with van der Waals surface area (Å²) in [5.41, 5.74) is 3.46. The molecule has 0 radical (unpaired) electrons. The zero-order chi connectivity index (χ0) is 8.23. The lowest BCUT2D eigenvalue weighted by molar-refractivity contribution is 0.131. The molecule has 0 spiro atoms. The number of nitrogens with one attached hydrogen (secondary N) is 1. The minimum atomic E-state index is 1.06. The molecule has 2 heteroatoms. The molecule has 2 rings (SSSR count). The number of rotatable bonds is 3. The molecule has 12 heavy (non-hydrogen) atoms. The summed E-state index contributed by atoms with van der Waals surface area (Å²) < 4.78 is 0. The maximum absolute atomic E-state index is 3.46. The molecule has 1 aliphatic carbocycles. The van der Waals surface area contributed by atoms with Crippen LogP contribution in [0.1, 0.15) is 38.5 Å². The third-order valence-corrected chi connectivity index (χ3v) is 3.22. The van der Waals surface area contributed by atoms with Crippen LogP contribution in [0.25, 0.3) is 0 Å². The molecule has 2 fully saturated rings. The first-order valence-corrected chi connectivity index (χ1v) is 5.43. The first-order valence-electron chi connectivity index (χ1n) is 5.43. The highest BCUT2D eigenvalue weighted by Gasteiger charge is 2.18. The largest absolute Gasteiger partial charge is 0.255 e. The van der Waals surface area contributed by atoms with Crippen LogP contribution in [-0.4, -0.2) is 24.6 Å². The van der Waals surface area contributed by atoms with E-state index in [0.29, 0.717) is 0 Å². The fourth-order valence-corrected chi connectivity index (χ4v) is 2.05. The van der Waals surface area contributed by atoms with Crippen molar-refractivity contribution < 1.29 is 0 Å². The van der Waals surface area contributed by atoms with Crippen LogP contribution in [0, 0.1) is 5.92 Å². The molecular weight excluding hydrogens is 148 g/mol. The van der Waals surface area contributed by atoms with Gasteiger partial charge in [0.15, 0.2) is 0 Å². The lowest BCUT2D eigenvalue weighted by atomic mass is 9.83. The Hall–Kier alpha value is -0.0800. The van der Waals surface area contributed by atoms with E-state index in [-0.39, 0.29) is 0 Å². The highest BCUT2D eigenvalue weighted by molar-refractivity contribution is 4.71. The summed E-state index contributed by atoms with van der Waals surface area (Å²) in [6.07, 6.45) is 8.64. The molecule has 1 heterocycles. The Morgan fingerprint density at radius 2 is 2.08 bits per heavy atom. The van der Waals surface area contributed by atoms with Gasteiger partial charge in [0, 0.05) is 19.6 Å². The predicted octanol–water partition coefficient (Wildman–Crippen LogP) is 1.78. The summed E-state index contributed by atoms with van der Waals surface area (Å²) in [5.74, 6) is 1.06. The summed E-state index contributed by atoms with van der Waals surface area (Å²) in [6.45, 7) is 3.75. The molecule has 1 saturated carbocycles. The highest BCUT2D eigenvalue weighted by atomic mass is 15.5. The zero-order valence-corrected chi connectivity index (χ0v) is 7.89. The monoisotopic (exact) mass is 168 g/mol. The maximum Gasteiger partial charge on any atom is 0.0133 e. The SMILES string of the molecule is C1CCN(CCC2CCC2)NC1. The second kappa shape index (κ2) is 4.24. The van der Waals surface area contributed by atoms with E-state index in [1.807, 2.05) is 0 Å². The third kappa shape index (κ3) is 2.20. The summed E-state index contributed by atoms with van der Waals surface area (Å²) in [5, 5.41) is 2.42. The molecule has 0 amide bonds. The van der Waals surface area contributed by atoms with Gasteiger partial charge in [0.2, 0.25) is 0 Å². The zero-order valence-electron chi connectivity index (χ0n) is 7.89. The van der Waals surface area contributed by atoms with Crippen LogP contribution in [0.5, 0.6) is 0 Å². The lowest BCUT2D eigenvalue weighted by Gasteiger charge is -2.31. The Morgan fingerprint density at radius 1 is 1.17 bits per heavy atom. The Labute approximate surface area is 75.3 Å². The van der Waals surface area contributed by atoms with Gasteiger partial charge in [0.25, 0.3) is 0 Å². The third-order valence-electron chi connectivity index (χ3n) is 3.22. The van der Waals surface area contributed by atoms with E-state index >= 15 is 0 Å². The minimum Gasteiger partial charge on any atom is -0.255 e. The van der Waals surface area contributed by atoms with Crippen LogP contribution in [0.15, 0.2) is 0 Å². The Kier molecular flexibility index (Phi) is 3.01. The average molecular weight is 168 g/mol. The van der Waals surface area contributed by atoms with Crippen LogP contribution in [0.3, 0.4) is 0 Å². The van der Waals surface area contributed by atoms with E-state index < -0.39 is 0 Å². The molecule has 1 saturated heterocycles. The van der Waals surface area contributed by atoms with Gasteiger partial charge in [0.05, 0.1) is 0 Å². The first kappa shape index (κ1) is 8.52. The van der Waals surface area contributed by atoms with Crippen molar-refractivity contribution in [3.05, 3.63) is 0 Å². The maximum atomic E-state index is 3.46. The molecule has 0 atom stereocenters. The molecule has 0 bridgehead atoms. The van der Waals surface area contributed by atoms with Gasteiger partial charge in [-0.15, -0.1) is 0 Å². The van der Waals surface area contributed by atoms with E-state index in [9.17, 15) is 0 Å². The summed E-state index contributed by atoms with van der Waals surface area (Å²) in [6, 6.07) is 0. The smallest absolute Gasteiger partial charge is 0.0133 e. The Morgan fingerprint density at radius 3 is 2.67 bits per heavy atom. The van der Waals surface area contributed by atoms with Crippen molar-refractivity contribution in [2.45, 2.75) is 38.5 Å². The Bertz CT molecular complexity index is 126. The first-order chi connectivity index (χ1) is 5.95. The van der Waals surface area contributed by atoms with E-state index in [4.69, 9.17) is 0 Å². The molecule has 0 aromatic carbocycles. The fraction of sp³-hybridized carbons (Fsp3) is 1.00. The summed E-state index contributed by atoms with van der Waals surface area (Å²) in [7, 11) is 0. The molecule has 0 aromatic rings.